The van der Waals surface area contributed by atoms with E-state index >= 15 is 0 Å². The number of hydrogen-bond donors (Lipinski definition) is 3. The number of carbonyl (C=O) groups excluding carboxylic acids is 2. The lowest BCUT2D eigenvalue weighted by atomic mass is 9.79. The summed E-state index contributed by atoms with van der Waals surface area (Å²) in [7, 11) is 0. The van der Waals surface area contributed by atoms with Gasteiger partial charge in [-0.15, -0.1) is 11.3 Å². The number of rotatable bonds is 8. The molecule has 1 aromatic carbocycles. The largest absolute Gasteiger partial charge is 0.379 e. The molecule has 3 aromatic heterocycles. The number of carbonyl (C=O) groups is 2. The number of nitrogens with zero attached hydrogens (tertiary/aromatic N) is 4. The van der Waals surface area contributed by atoms with Crippen molar-refractivity contribution in [2.75, 3.05) is 39.4 Å². The Balaban J connectivity index is 1.23. The van der Waals surface area contributed by atoms with Crippen molar-refractivity contribution in [1.29, 1.82) is 0 Å². The Morgan fingerprint density at radius 2 is 1.80 bits per heavy atom. The van der Waals surface area contributed by atoms with Crippen LogP contribution in [0.15, 0.2) is 48.0 Å². The van der Waals surface area contributed by atoms with Gasteiger partial charge in [-0.05, 0) is 49.6 Å². The molecule has 0 bridgehead atoms. The van der Waals surface area contributed by atoms with E-state index in [4.69, 9.17) is 19.9 Å². The number of ether oxygens (including phenoxy) is 1. The van der Waals surface area contributed by atoms with Crippen LogP contribution in [0, 0.1) is 6.92 Å². The Morgan fingerprint density at radius 3 is 2.54 bits per heavy atom. The van der Waals surface area contributed by atoms with Crippen molar-refractivity contribution in [3.05, 3.63) is 75.4 Å². The van der Waals surface area contributed by atoms with Gasteiger partial charge in [0.15, 0.2) is 0 Å². The lowest BCUT2D eigenvalue weighted by molar-refractivity contribution is 0.0383. The van der Waals surface area contributed by atoms with Crippen LogP contribution < -0.4 is 10.8 Å². The lowest BCUT2D eigenvalue weighted by Gasteiger charge is -2.27. The quantitative estimate of drug-likeness (QED) is 0.216. The zero-order chi connectivity index (χ0) is 28.4. The van der Waals surface area contributed by atoms with Crippen molar-refractivity contribution in [3.63, 3.8) is 0 Å². The van der Waals surface area contributed by atoms with Crippen LogP contribution in [-0.2, 0) is 10.2 Å². The maximum Gasteiger partial charge on any atom is 0.274 e. The highest BCUT2D eigenvalue weighted by Crippen LogP contribution is 2.48. The number of fused-ring (bicyclic) bond motifs is 1. The average molecular weight is 575 g/mol. The first-order chi connectivity index (χ1) is 20.0. The van der Waals surface area contributed by atoms with Crippen LogP contribution in [0.5, 0.6) is 0 Å². The molecule has 1 saturated heterocycles. The molecule has 214 valence electrons. The number of aryl methyl sites for hydroxylation is 1. The number of hydroxylamine groups is 1. The third-order valence-corrected chi connectivity index (χ3v) is 9.34. The summed E-state index contributed by atoms with van der Waals surface area (Å²) in [6.45, 7) is 6.64. The Bertz CT molecular complexity index is 1550. The van der Waals surface area contributed by atoms with E-state index in [9.17, 15) is 9.59 Å². The highest BCUT2D eigenvalue weighted by Gasteiger charge is 2.40. The molecular formula is C30H34N6O4S. The SMILES string of the molecule is Cc1nc2cc(C(=O)NCCN3CCOCC3)ccn2c1-c1csc(C2(c3ccc(C(=O)NO)cc3)CCCC2)n1. The number of morpholine rings is 1. The van der Waals surface area contributed by atoms with Crippen LogP contribution in [0.1, 0.15) is 62.7 Å². The smallest absolute Gasteiger partial charge is 0.274 e. The van der Waals surface area contributed by atoms with Gasteiger partial charge in [0.1, 0.15) is 16.3 Å². The first kappa shape index (κ1) is 27.5. The highest BCUT2D eigenvalue weighted by molar-refractivity contribution is 7.10. The minimum absolute atomic E-state index is 0.107. The topological polar surface area (TPSA) is 121 Å². The van der Waals surface area contributed by atoms with Gasteiger partial charge in [-0.25, -0.2) is 15.4 Å². The van der Waals surface area contributed by atoms with Gasteiger partial charge >= 0.3 is 0 Å². The van der Waals surface area contributed by atoms with E-state index in [-0.39, 0.29) is 11.3 Å². The van der Waals surface area contributed by atoms with E-state index < -0.39 is 5.91 Å². The predicted octanol–water partition coefficient (Wildman–Crippen LogP) is 3.81. The first-order valence-electron chi connectivity index (χ1n) is 14.1. The van der Waals surface area contributed by atoms with Gasteiger partial charge in [0.2, 0.25) is 0 Å². The fraction of sp³-hybridized carbons (Fsp3) is 0.400. The number of thiazole rings is 1. The summed E-state index contributed by atoms with van der Waals surface area (Å²) in [6.07, 6.45) is 6.10. The number of pyridine rings is 1. The molecule has 1 aliphatic heterocycles. The number of aromatic nitrogens is 3. The molecule has 11 heteroatoms. The molecule has 2 amide bonds. The molecule has 1 aliphatic carbocycles. The van der Waals surface area contributed by atoms with E-state index in [1.165, 1.54) is 0 Å². The minimum Gasteiger partial charge on any atom is -0.379 e. The molecule has 0 atom stereocenters. The molecule has 0 unspecified atom stereocenters. The summed E-state index contributed by atoms with van der Waals surface area (Å²) >= 11 is 1.65. The number of amides is 2. The maximum absolute atomic E-state index is 12.9. The van der Waals surface area contributed by atoms with E-state index in [1.807, 2.05) is 41.8 Å². The van der Waals surface area contributed by atoms with Crippen LogP contribution in [0.3, 0.4) is 0 Å². The van der Waals surface area contributed by atoms with Crippen molar-refractivity contribution in [2.24, 2.45) is 0 Å². The molecule has 2 fully saturated rings. The van der Waals surface area contributed by atoms with E-state index in [1.54, 1.807) is 28.9 Å². The summed E-state index contributed by atoms with van der Waals surface area (Å²) < 4.78 is 7.39. The summed E-state index contributed by atoms with van der Waals surface area (Å²) in [6, 6.07) is 11.1. The predicted molar refractivity (Wildman–Crippen MR) is 156 cm³/mol. The molecule has 2 aliphatic rings. The maximum atomic E-state index is 12.9. The molecule has 0 radical (unpaired) electrons. The van der Waals surface area contributed by atoms with E-state index in [2.05, 4.69) is 15.6 Å². The van der Waals surface area contributed by atoms with Crippen LogP contribution in [0.2, 0.25) is 0 Å². The van der Waals surface area contributed by atoms with Crippen molar-refractivity contribution in [3.8, 4) is 11.4 Å². The Hall–Kier alpha value is -3.64. The normalized spacial score (nSPS) is 17.1. The Morgan fingerprint density at radius 1 is 1.05 bits per heavy atom. The van der Waals surface area contributed by atoms with Crippen molar-refractivity contribution in [2.45, 2.75) is 38.0 Å². The zero-order valence-corrected chi connectivity index (χ0v) is 23.9. The van der Waals surface area contributed by atoms with Crippen molar-refractivity contribution in [1.82, 2.24) is 30.1 Å². The Kier molecular flexibility index (Phi) is 7.85. The third kappa shape index (κ3) is 5.38. The van der Waals surface area contributed by atoms with Crippen LogP contribution in [-0.4, -0.2) is 75.7 Å². The van der Waals surface area contributed by atoms with Crippen LogP contribution >= 0.6 is 11.3 Å². The summed E-state index contributed by atoms with van der Waals surface area (Å²) in [5.41, 5.74) is 6.95. The lowest BCUT2D eigenvalue weighted by Crippen LogP contribution is -2.41. The van der Waals surface area contributed by atoms with Gasteiger partial charge in [0.05, 0.1) is 24.6 Å². The molecule has 6 rings (SSSR count). The molecule has 4 heterocycles. The standard InChI is InChI=1S/C30H34N6O4S/c1-20-26(36-12-8-22(18-25(36)32-20)27(37)31-11-13-35-14-16-40-17-15-35)24-19-41-29(33-24)30(9-2-3-10-30)23-6-4-21(5-7-23)28(38)34-39/h4-8,12,18-19,39H,2-3,9-11,13-17H2,1H3,(H,31,37)(H,34,38). The molecule has 41 heavy (non-hydrogen) atoms. The molecule has 10 nitrogen and oxygen atoms in total. The third-order valence-electron chi connectivity index (χ3n) is 8.29. The second-order valence-corrected chi connectivity index (χ2v) is 11.6. The van der Waals surface area contributed by atoms with Gasteiger partial charge in [-0.1, -0.05) is 25.0 Å². The van der Waals surface area contributed by atoms with Crippen molar-refractivity contribution >= 4 is 28.8 Å². The molecule has 0 spiro atoms. The summed E-state index contributed by atoms with van der Waals surface area (Å²) in [5, 5.41) is 15.1. The van der Waals surface area contributed by atoms with Gasteiger partial charge < -0.3 is 10.1 Å². The minimum atomic E-state index is -0.523. The highest BCUT2D eigenvalue weighted by atomic mass is 32.1. The van der Waals surface area contributed by atoms with E-state index in [0.717, 1.165) is 86.2 Å². The number of nitrogens with one attached hydrogen (secondary N) is 2. The van der Waals surface area contributed by atoms with Gasteiger partial charge in [-0.3, -0.25) is 24.1 Å². The fourth-order valence-corrected chi connectivity index (χ4v) is 7.16. The van der Waals surface area contributed by atoms with Gasteiger partial charge in [0, 0.05) is 54.3 Å². The average Bonchev–Trinajstić information content (AvgIpc) is 3.76. The fourth-order valence-electron chi connectivity index (χ4n) is 6.08. The van der Waals surface area contributed by atoms with Crippen LogP contribution in [0.25, 0.3) is 17.0 Å². The monoisotopic (exact) mass is 574 g/mol. The van der Waals surface area contributed by atoms with Gasteiger partial charge in [-0.2, -0.15) is 0 Å². The van der Waals surface area contributed by atoms with Crippen LogP contribution in [0.4, 0.5) is 0 Å². The van der Waals surface area contributed by atoms with E-state index in [0.29, 0.717) is 23.3 Å². The second kappa shape index (κ2) is 11.7. The Labute approximate surface area is 242 Å². The second-order valence-electron chi connectivity index (χ2n) is 10.7. The zero-order valence-electron chi connectivity index (χ0n) is 23.1. The number of benzene rings is 1. The summed E-state index contributed by atoms with van der Waals surface area (Å²) in [5.74, 6) is -0.630. The molecular weight excluding hydrogens is 540 g/mol. The first-order valence-corrected chi connectivity index (χ1v) is 14.9. The number of hydrogen-bond acceptors (Lipinski definition) is 8. The number of imidazole rings is 1. The molecule has 4 aromatic rings. The molecule has 3 N–H and O–H groups in total. The summed E-state index contributed by atoms with van der Waals surface area (Å²) in [4.78, 5) is 36.9. The van der Waals surface area contributed by atoms with Gasteiger partial charge in [0.25, 0.3) is 11.8 Å². The molecule has 1 saturated carbocycles. The van der Waals surface area contributed by atoms with Crippen molar-refractivity contribution < 1.29 is 19.5 Å².